The van der Waals surface area contributed by atoms with E-state index in [2.05, 4.69) is 86.6 Å². The average molecular weight is 399 g/mol. The van der Waals surface area contributed by atoms with E-state index >= 15 is 0 Å². The minimum absolute atomic E-state index is 0.653. The molecule has 1 aromatic carbocycles. The summed E-state index contributed by atoms with van der Waals surface area (Å²) < 4.78 is 0. The molecule has 0 radical (unpaired) electrons. The molecule has 0 N–H and O–H groups in total. The zero-order valence-corrected chi connectivity index (χ0v) is 23.5. The van der Waals surface area contributed by atoms with Crippen LogP contribution in [0.5, 0.6) is 0 Å². The Morgan fingerprint density at radius 2 is 0.893 bits per heavy atom. The van der Waals surface area contributed by atoms with Crippen molar-refractivity contribution < 1.29 is 0 Å². The molecule has 0 nitrogen and oxygen atoms in total. The molecule has 0 saturated carbocycles. The van der Waals surface area contributed by atoms with Gasteiger partial charge >= 0.3 is 0 Å². The highest BCUT2D eigenvalue weighted by atomic mass is 14.1. The highest BCUT2D eigenvalue weighted by Crippen LogP contribution is 2.13. The fourth-order valence-electron chi connectivity index (χ4n) is 1.42. The van der Waals surface area contributed by atoms with Crippen molar-refractivity contribution in [1.82, 2.24) is 0 Å². The van der Waals surface area contributed by atoms with Gasteiger partial charge in [0.15, 0.2) is 0 Å². The van der Waals surface area contributed by atoms with Crippen molar-refractivity contribution in [2.45, 2.75) is 136 Å². The largest absolute Gasteiger partial charge is 0.0683 e. The van der Waals surface area contributed by atoms with Gasteiger partial charge in [-0.3, -0.25) is 0 Å². The summed E-state index contributed by atoms with van der Waals surface area (Å²) in [5.41, 5.74) is 2.76. The molecule has 0 heteroatoms. The third-order valence-electron chi connectivity index (χ3n) is 3.53. The lowest BCUT2D eigenvalue weighted by Gasteiger charge is -2.10. The Morgan fingerprint density at radius 1 is 0.607 bits per heavy atom. The summed E-state index contributed by atoms with van der Waals surface area (Å²) >= 11 is 0. The van der Waals surface area contributed by atoms with Gasteiger partial charge in [0.2, 0.25) is 0 Å². The Kier molecular flexibility index (Phi) is 60.5. The zero-order chi connectivity index (χ0) is 24.1. The van der Waals surface area contributed by atoms with Crippen LogP contribution in [0.15, 0.2) is 24.3 Å². The van der Waals surface area contributed by atoms with Crippen molar-refractivity contribution >= 4 is 0 Å². The number of hydrogen-bond donors (Lipinski definition) is 0. The summed E-state index contributed by atoms with van der Waals surface area (Å²) in [6, 6.07) is 8.71. The molecule has 0 aliphatic heterocycles. The average Bonchev–Trinajstić information content (AvgIpc) is 2.74. The summed E-state index contributed by atoms with van der Waals surface area (Å²) in [6.07, 6.45) is 2.57. The predicted molar refractivity (Wildman–Crippen MR) is 141 cm³/mol. The van der Waals surface area contributed by atoms with E-state index in [0.29, 0.717) is 5.92 Å². The van der Waals surface area contributed by atoms with Crippen LogP contribution in [0.2, 0.25) is 0 Å². The van der Waals surface area contributed by atoms with Gasteiger partial charge in [-0.15, -0.1) is 0 Å². The lowest BCUT2D eigenvalue weighted by molar-refractivity contribution is 0.407. The maximum atomic E-state index is 2.30. The first kappa shape index (κ1) is 41.6. The van der Waals surface area contributed by atoms with Crippen LogP contribution in [0, 0.1) is 18.8 Å². The topological polar surface area (TPSA) is 0 Å². The quantitative estimate of drug-likeness (QED) is 0.474. The van der Waals surface area contributed by atoms with E-state index in [-0.39, 0.29) is 0 Å². The van der Waals surface area contributed by atoms with Gasteiger partial charge in [-0.05, 0) is 30.2 Å². The maximum absolute atomic E-state index is 2.30. The van der Waals surface area contributed by atoms with Gasteiger partial charge in [0.25, 0.3) is 0 Å². The highest BCUT2D eigenvalue weighted by Gasteiger charge is 2.01. The smallest absolute Gasteiger partial charge is 0.0219 e. The second kappa shape index (κ2) is 40.8. The molecular weight excluding hydrogens is 336 g/mol. The van der Waals surface area contributed by atoms with Gasteiger partial charge in [0.1, 0.15) is 0 Å². The normalized spacial score (nSPS) is 8.96. The van der Waals surface area contributed by atoms with Crippen LogP contribution in [0.3, 0.4) is 0 Å². The Morgan fingerprint density at radius 3 is 1.04 bits per heavy atom. The molecule has 0 amide bonds. The Hall–Kier alpha value is -0.780. The van der Waals surface area contributed by atoms with E-state index in [0.717, 1.165) is 11.8 Å². The Balaban J connectivity index is -0.0000000591. The molecule has 0 saturated heterocycles. The maximum Gasteiger partial charge on any atom is -0.0219 e. The van der Waals surface area contributed by atoms with Crippen LogP contribution in [0.4, 0.5) is 0 Å². The Bertz CT molecular complexity index is 292. The molecule has 0 heterocycles. The summed E-state index contributed by atoms with van der Waals surface area (Å²) in [7, 11) is 0. The first-order valence-corrected chi connectivity index (χ1v) is 12.4. The predicted octanol–water partition coefficient (Wildman–Crippen LogP) is 11.3. The molecular formula is C28H62. The number of benzene rings is 1. The minimum atomic E-state index is 0.653. The zero-order valence-electron chi connectivity index (χ0n) is 23.5. The monoisotopic (exact) mass is 398 g/mol. The van der Waals surface area contributed by atoms with Crippen LogP contribution in [-0.2, 0) is 0 Å². The third-order valence-corrected chi connectivity index (χ3v) is 3.53. The van der Waals surface area contributed by atoms with Crippen molar-refractivity contribution in [1.29, 1.82) is 0 Å². The lowest BCUT2D eigenvalue weighted by Crippen LogP contribution is -2.00. The standard InChI is InChI=1S/C10H14.C7H16.C3H8.4C2H6/c1-8(2)10-6-4-9(3)5-7-10;1-5-7(4)6(2)3;1-3-2;4*1-2/h4-8H,1-3H3;6-7H,5H2,1-4H3;3H2,1-2H3;4*1-2H3. The molecule has 0 fully saturated rings. The fourth-order valence-corrected chi connectivity index (χ4v) is 1.42. The van der Waals surface area contributed by atoms with Crippen LogP contribution < -0.4 is 0 Å². The second-order valence-electron chi connectivity index (χ2n) is 6.40. The fraction of sp³-hybridized carbons (Fsp3) is 0.786. The van der Waals surface area contributed by atoms with Crippen molar-refractivity contribution in [2.24, 2.45) is 11.8 Å². The van der Waals surface area contributed by atoms with E-state index in [1.54, 1.807) is 0 Å². The first-order chi connectivity index (χ1) is 13.3. The minimum Gasteiger partial charge on any atom is -0.0683 e. The summed E-state index contributed by atoms with van der Waals surface area (Å²) in [5, 5.41) is 0. The summed E-state index contributed by atoms with van der Waals surface area (Å²) in [4.78, 5) is 0. The summed E-state index contributed by atoms with van der Waals surface area (Å²) in [5.74, 6) is 2.42. The van der Waals surface area contributed by atoms with Crippen molar-refractivity contribution in [2.75, 3.05) is 0 Å². The number of aryl methyl sites for hydroxylation is 1. The molecule has 174 valence electrons. The molecule has 0 spiro atoms. The second-order valence-corrected chi connectivity index (χ2v) is 6.40. The number of hydrogen-bond acceptors (Lipinski definition) is 0. The van der Waals surface area contributed by atoms with Crippen LogP contribution in [-0.4, -0.2) is 0 Å². The van der Waals surface area contributed by atoms with Crippen molar-refractivity contribution in [3.8, 4) is 0 Å². The van der Waals surface area contributed by atoms with Gasteiger partial charge < -0.3 is 0 Å². The molecule has 1 rings (SSSR count). The van der Waals surface area contributed by atoms with Crippen LogP contribution in [0.1, 0.15) is 141 Å². The summed E-state index contributed by atoms with van der Waals surface area (Å²) in [6.45, 7) is 35.9. The number of rotatable bonds is 3. The lowest BCUT2D eigenvalue weighted by atomic mass is 9.96. The molecule has 0 aliphatic carbocycles. The molecule has 0 aliphatic rings. The van der Waals surface area contributed by atoms with Gasteiger partial charge in [0, 0.05) is 0 Å². The van der Waals surface area contributed by atoms with Crippen LogP contribution >= 0.6 is 0 Å². The molecule has 0 bridgehead atoms. The molecule has 28 heavy (non-hydrogen) atoms. The molecule has 0 aromatic heterocycles. The van der Waals surface area contributed by atoms with E-state index in [9.17, 15) is 0 Å². The van der Waals surface area contributed by atoms with Gasteiger partial charge in [-0.1, -0.05) is 153 Å². The Labute approximate surface area is 183 Å². The van der Waals surface area contributed by atoms with Gasteiger partial charge in [-0.25, -0.2) is 0 Å². The third kappa shape index (κ3) is 40.0. The molecule has 1 unspecified atom stereocenters. The van der Waals surface area contributed by atoms with E-state index < -0.39 is 0 Å². The van der Waals surface area contributed by atoms with Gasteiger partial charge in [-0.2, -0.15) is 0 Å². The van der Waals surface area contributed by atoms with Crippen molar-refractivity contribution in [3.05, 3.63) is 35.4 Å². The van der Waals surface area contributed by atoms with E-state index in [1.165, 1.54) is 24.0 Å². The first-order valence-electron chi connectivity index (χ1n) is 12.4. The highest BCUT2D eigenvalue weighted by molar-refractivity contribution is 5.23. The van der Waals surface area contributed by atoms with E-state index in [4.69, 9.17) is 0 Å². The SMILES string of the molecule is CC.CC.CC.CC.CCC.CCC(C)C(C)C.Cc1ccc(C(C)C)cc1. The molecule has 1 aromatic rings. The molecule has 1 atom stereocenters. The van der Waals surface area contributed by atoms with Gasteiger partial charge in [0.05, 0.1) is 0 Å². The van der Waals surface area contributed by atoms with Crippen molar-refractivity contribution in [3.63, 3.8) is 0 Å². The van der Waals surface area contributed by atoms with E-state index in [1.807, 2.05) is 55.4 Å². The van der Waals surface area contributed by atoms with Crippen LogP contribution in [0.25, 0.3) is 0 Å².